The minimum atomic E-state index is -0.840. The molecule has 0 saturated heterocycles. The van der Waals surface area contributed by atoms with Crippen LogP contribution in [0.5, 0.6) is 5.75 Å². The van der Waals surface area contributed by atoms with Crippen molar-refractivity contribution in [2.75, 3.05) is 6.61 Å². The molecule has 0 unspecified atom stereocenters. The molecule has 0 N–H and O–H groups in total. The standard InChI is InChI=1S/C21H28F2O/c22-20-18(11-5-10-16-6-1-2-7-16)12-13-19(21(20)23)24-15-14-17-8-3-4-9-17/h5,10,12-13,16-17H,1-4,6-9,11,14-15H2/b10-5+. The second kappa shape index (κ2) is 8.64. The molecule has 24 heavy (non-hydrogen) atoms. The fraction of sp³-hybridized carbons (Fsp3) is 0.619. The summed E-state index contributed by atoms with van der Waals surface area (Å²) < 4.78 is 33.9. The summed E-state index contributed by atoms with van der Waals surface area (Å²) in [5.41, 5.74) is 0.407. The van der Waals surface area contributed by atoms with Crippen LogP contribution in [0, 0.1) is 23.5 Å². The van der Waals surface area contributed by atoms with Crippen LogP contribution in [0.1, 0.15) is 63.4 Å². The van der Waals surface area contributed by atoms with E-state index in [1.54, 1.807) is 12.1 Å². The fourth-order valence-corrected chi connectivity index (χ4v) is 4.01. The van der Waals surface area contributed by atoms with Crippen LogP contribution in [0.3, 0.4) is 0 Å². The highest BCUT2D eigenvalue weighted by molar-refractivity contribution is 5.32. The van der Waals surface area contributed by atoms with Gasteiger partial charge in [-0.3, -0.25) is 0 Å². The first kappa shape index (κ1) is 17.4. The summed E-state index contributed by atoms with van der Waals surface area (Å²) in [5, 5.41) is 0. The number of rotatable bonds is 7. The summed E-state index contributed by atoms with van der Waals surface area (Å²) in [7, 11) is 0. The molecule has 1 nitrogen and oxygen atoms in total. The second-order valence-electron chi connectivity index (χ2n) is 7.32. The molecule has 0 aromatic heterocycles. The van der Waals surface area contributed by atoms with E-state index in [0.717, 1.165) is 6.42 Å². The van der Waals surface area contributed by atoms with Crippen LogP contribution >= 0.6 is 0 Å². The summed E-state index contributed by atoms with van der Waals surface area (Å²) in [5.74, 6) is -0.236. The molecule has 0 atom stereocenters. The average Bonchev–Trinajstić information content (AvgIpc) is 3.27. The molecule has 0 radical (unpaired) electrons. The van der Waals surface area contributed by atoms with E-state index in [2.05, 4.69) is 6.08 Å². The SMILES string of the molecule is Fc1c(C/C=C/C2CCCC2)ccc(OCCC2CCCC2)c1F. The van der Waals surface area contributed by atoms with Crippen LogP contribution < -0.4 is 4.74 Å². The van der Waals surface area contributed by atoms with E-state index in [1.807, 2.05) is 6.08 Å². The number of allylic oxidation sites excluding steroid dienone is 2. The van der Waals surface area contributed by atoms with Gasteiger partial charge in [0, 0.05) is 0 Å². The van der Waals surface area contributed by atoms with Crippen molar-refractivity contribution in [1.82, 2.24) is 0 Å². The molecule has 3 rings (SSSR count). The Morgan fingerprint density at radius 3 is 2.42 bits per heavy atom. The highest BCUT2D eigenvalue weighted by Gasteiger charge is 2.17. The Hall–Kier alpha value is -1.38. The maximum absolute atomic E-state index is 14.2. The summed E-state index contributed by atoms with van der Waals surface area (Å²) in [6.07, 6.45) is 15.6. The van der Waals surface area contributed by atoms with E-state index >= 15 is 0 Å². The van der Waals surface area contributed by atoms with Crippen LogP contribution in [0.15, 0.2) is 24.3 Å². The Balaban J connectivity index is 1.52. The van der Waals surface area contributed by atoms with Crippen molar-refractivity contribution in [3.05, 3.63) is 41.5 Å². The lowest BCUT2D eigenvalue weighted by atomic mass is 10.0. The van der Waals surface area contributed by atoms with Gasteiger partial charge in [0.15, 0.2) is 11.6 Å². The molecule has 1 aromatic carbocycles. The quantitative estimate of drug-likeness (QED) is 0.538. The highest BCUT2D eigenvalue weighted by Crippen LogP contribution is 2.29. The van der Waals surface area contributed by atoms with Crippen molar-refractivity contribution in [3.63, 3.8) is 0 Å². The van der Waals surface area contributed by atoms with Gasteiger partial charge in [-0.25, -0.2) is 4.39 Å². The van der Waals surface area contributed by atoms with Crippen LogP contribution in [0.4, 0.5) is 8.78 Å². The molecule has 0 aliphatic heterocycles. The van der Waals surface area contributed by atoms with Crippen molar-refractivity contribution >= 4 is 0 Å². The molecule has 132 valence electrons. The van der Waals surface area contributed by atoms with Crippen LogP contribution in [0.25, 0.3) is 0 Å². The summed E-state index contributed by atoms with van der Waals surface area (Å²) >= 11 is 0. The Labute approximate surface area is 144 Å². The third-order valence-corrected chi connectivity index (χ3v) is 5.53. The molecule has 2 fully saturated rings. The maximum atomic E-state index is 14.2. The van der Waals surface area contributed by atoms with Crippen molar-refractivity contribution in [2.24, 2.45) is 11.8 Å². The zero-order valence-corrected chi connectivity index (χ0v) is 14.4. The van der Waals surface area contributed by atoms with Gasteiger partial charge < -0.3 is 4.74 Å². The second-order valence-corrected chi connectivity index (χ2v) is 7.32. The van der Waals surface area contributed by atoms with Crippen molar-refractivity contribution in [2.45, 2.75) is 64.2 Å². The highest BCUT2D eigenvalue weighted by atomic mass is 19.2. The summed E-state index contributed by atoms with van der Waals surface area (Å²) in [6, 6.07) is 3.23. The molecule has 0 spiro atoms. The Morgan fingerprint density at radius 2 is 1.67 bits per heavy atom. The minimum absolute atomic E-state index is 0.0500. The zero-order chi connectivity index (χ0) is 16.8. The summed E-state index contributed by atoms with van der Waals surface area (Å²) in [4.78, 5) is 0. The lowest BCUT2D eigenvalue weighted by Gasteiger charge is -2.12. The van der Waals surface area contributed by atoms with Crippen LogP contribution in [-0.2, 0) is 6.42 Å². The Kier molecular flexibility index (Phi) is 6.28. The fourth-order valence-electron chi connectivity index (χ4n) is 4.01. The van der Waals surface area contributed by atoms with Gasteiger partial charge in [0.2, 0.25) is 5.82 Å². The van der Waals surface area contributed by atoms with E-state index in [4.69, 9.17) is 4.74 Å². The average molecular weight is 334 g/mol. The van der Waals surface area contributed by atoms with Gasteiger partial charge in [0.05, 0.1) is 6.61 Å². The van der Waals surface area contributed by atoms with Gasteiger partial charge in [0.25, 0.3) is 0 Å². The largest absolute Gasteiger partial charge is 0.490 e. The summed E-state index contributed by atoms with van der Waals surface area (Å²) in [6.45, 7) is 0.474. The van der Waals surface area contributed by atoms with Gasteiger partial charge >= 0.3 is 0 Å². The number of halogens is 2. The Morgan fingerprint density at radius 1 is 0.958 bits per heavy atom. The molecule has 1 aromatic rings. The van der Waals surface area contributed by atoms with Gasteiger partial charge in [-0.2, -0.15) is 4.39 Å². The minimum Gasteiger partial charge on any atom is -0.490 e. The molecule has 3 heteroatoms. The first-order chi connectivity index (χ1) is 11.7. The molecular weight excluding hydrogens is 306 g/mol. The van der Waals surface area contributed by atoms with E-state index in [-0.39, 0.29) is 5.75 Å². The third-order valence-electron chi connectivity index (χ3n) is 5.53. The smallest absolute Gasteiger partial charge is 0.200 e. The van der Waals surface area contributed by atoms with Gasteiger partial charge in [-0.05, 0) is 49.1 Å². The zero-order valence-electron chi connectivity index (χ0n) is 14.4. The van der Waals surface area contributed by atoms with Gasteiger partial charge in [-0.1, -0.05) is 56.7 Å². The lowest BCUT2D eigenvalue weighted by Crippen LogP contribution is -2.06. The van der Waals surface area contributed by atoms with Crippen molar-refractivity contribution in [1.29, 1.82) is 0 Å². The number of hydrogen-bond acceptors (Lipinski definition) is 1. The molecule has 2 saturated carbocycles. The van der Waals surface area contributed by atoms with E-state index in [1.165, 1.54) is 51.4 Å². The number of ether oxygens (including phenoxy) is 1. The van der Waals surface area contributed by atoms with Gasteiger partial charge in [0.1, 0.15) is 0 Å². The predicted octanol–water partition coefficient (Wildman–Crippen LogP) is 6.21. The first-order valence-electron chi connectivity index (χ1n) is 9.50. The van der Waals surface area contributed by atoms with Crippen molar-refractivity contribution in [3.8, 4) is 5.75 Å². The molecule has 2 aliphatic carbocycles. The van der Waals surface area contributed by atoms with E-state index < -0.39 is 11.6 Å². The predicted molar refractivity (Wildman–Crippen MR) is 93.2 cm³/mol. The van der Waals surface area contributed by atoms with Crippen LogP contribution in [-0.4, -0.2) is 6.61 Å². The number of benzene rings is 1. The lowest BCUT2D eigenvalue weighted by molar-refractivity contribution is 0.263. The number of hydrogen-bond donors (Lipinski definition) is 0. The molecule has 0 bridgehead atoms. The van der Waals surface area contributed by atoms with E-state index in [0.29, 0.717) is 30.4 Å². The van der Waals surface area contributed by atoms with E-state index in [9.17, 15) is 8.78 Å². The third kappa shape index (κ3) is 4.58. The topological polar surface area (TPSA) is 9.23 Å². The molecular formula is C21H28F2O. The van der Waals surface area contributed by atoms with Gasteiger partial charge in [-0.15, -0.1) is 0 Å². The molecule has 0 amide bonds. The maximum Gasteiger partial charge on any atom is 0.200 e. The molecule has 0 heterocycles. The normalized spacial score (nSPS) is 19.6. The Bertz CT molecular complexity index is 555. The first-order valence-corrected chi connectivity index (χ1v) is 9.50. The molecule has 2 aliphatic rings. The van der Waals surface area contributed by atoms with Crippen LogP contribution in [0.2, 0.25) is 0 Å². The monoisotopic (exact) mass is 334 g/mol. The van der Waals surface area contributed by atoms with Crippen molar-refractivity contribution < 1.29 is 13.5 Å².